The molecule has 3 nitrogen and oxygen atoms in total. The number of aromatic nitrogens is 1. The molecule has 3 aromatic heterocycles. The van der Waals surface area contributed by atoms with Gasteiger partial charge < -0.3 is 13.8 Å². The molecule has 0 spiro atoms. The van der Waals surface area contributed by atoms with Gasteiger partial charge in [-0.3, -0.25) is 0 Å². The van der Waals surface area contributed by atoms with Gasteiger partial charge in [0.1, 0.15) is 11.2 Å². The predicted molar refractivity (Wildman–Crippen MR) is 341 cm³/mol. The highest BCUT2D eigenvalue weighted by molar-refractivity contribution is 7.26. The Morgan fingerprint density at radius 3 is 1.85 bits per heavy atom. The van der Waals surface area contributed by atoms with Gasteiger partial charge in [0, 0.05) is 86.3 Å². The molecule has 8 aliphatic carbocycles. The van der Waals surface area contributed by atoms with E-state index >= 15 is 0 Å². The summed E-state index contributed by atoms with van der Waals surface area (Å²) in [5.74, 6) is 5.23. The summed E-state index contributed by atoms with van der Waals surface area (Å²) in [5.41, 5.74) is 21.6. The van der Waals surface area contributed by atoms with E-state index in [-0.39, 0.29) is 23.1 Å². The fourth-order valence-electron chi connectivity index (χ4n) is 20.6. The molecule has 5 heterocycles. The third-order valence-corrected chi connectivity index (χ3v) is 24.4. The molecule has 394 valence electrons. The summed E-state index contributed by atoms with van der Waals surface area (Å²) in [4.78, 5) is 2.70. The van der Waals surface area contributed by atoms with Crippen molar-refractivity contribution >= 4 is 121 Å². The van der Waals surface area contributed by atoms with Crippen LogP contribution in [0.5, 0.6) is 0 Å². The number of thiophene rings is 1. The maximum atomic E-state index is 7.62. The normalized spacial score (nSPS) is 26.7. The van der Waals surface area contributed by atoms with Gasteiger partial charge in [0.15, 0.2) is 0 Å². The number of furan rings is 1. The Kier molecular flexibility index (Phi) is 8.72. The quantitative estimate of drug-likeness (QED) is 0.164. The molecule has 0 saturated heterocycles. The zero-order valence-electron chi connectivity index (χ0n) is 46.7. The zero-order chi connectivity index (χ0) is 53.0. The van der Waals surface area contributed by atoms with E-state index in [0.717, 1.165) is 46.7 Å². The Bertz CT molecular complexity index is 4720. The van der Waals surface area contributed by atoms with E-state index in [1.807, 2.05) is 11.3 Å². The minimum absolute atomic E-state index is 0.0425. The van der Waals surface area contributed by atoms with Crippen molar-refractivity contribution in [2.75, 3.05) is 4.90 Å². The lowest BCUT2D eigenvalue weighted by Gasteiger charge is -2.57. The summed E-state index contributed by atoms with van der Waals surface area (Å²) in [6.07, 6.45) is 16.9. The molecule has 8 bridgehead atoms. The monoisotopic (exact) mass is 1060 g/mol. The van der Waals surface area contributed by atoms with Crippen molar-refractivity contribution in [3.8, 4) is 22.3 Å². The van der Waals surface area contributed by atoms with E-state index in [9.17, 15) is 0 Å². The number of rotatable bonds is 4. The molecule has 2 aliphatic heterocycles. The molecule has 8 saturated carbocycles. The van der Waals surface area contributed by atoms with Gasteiger partial charge in [0.05, 0.1) is 5.69 Å². The Morgan fingerprint density at radius 1 is 0.494 bits per heavy atom. The molecule has 22 rings (SSSR count). The van der Waals surface area contributed by atoms with Crippen molar-refractivity contribution in [2.24, 2.45) is 35.5 Å². The third kappa shape index (κ3) is 6.07. The van der Waals surface area contributed by atoms with Crippen LogP contribution in [-0.2, 0) is 16.2 Å². The number of hydrogen-bond acceptors (Lipinski definition) is 3. The number of hydrogen-bond donors (Lipinski definition) is 0. The summed E-state index contributed by atoms with van der Waals surface area (Å²) in [6, 6.07) is 62.6. The summed E-state index contributed by atoms with van der Waals surface area (Å²) < 4.78 is 13.3. The van der Waals surface area contributed by atoms with E-state index in [0.29, 0.717) is 0 Å². The maximum absolute atomic E-state index is 7.62. The summed E-state index contributed by atoms with van der Waals surface area (Å²) in [5, 5.41) is 10.5. The average Bonchev–Trinajstić information content (AvgIpc) is 2.18. The smallest absolute Gasteiger partial charge is 0.337 e. The van der Waals surface area contributed by atoms with E-state index in [2.05, 4.69) is 188 Å². The lowest BCUT2D eigenvalue weighted by Crippen LogP contribution is -2.57. The van der Waals surface area contributed by atoms with Crippen molar-refractivity contribution in [2.45, 2.75) is 114 Å². The van der Waals surface area contributed by atoms with Crippen LogP contribution in [0, 0.1) is 35.5 Å². The minimum atomic E-state index is -0.160. The number of anilines is 3. The largest absolute Gasteiger partial charge is 0.456 e. The van der Waals surface area contributed by atoms with E-state index in [1.165, 1.54) is 196 Å². The number of nitrogens with zero attached hydrogens (tertiary/aromatic N) is 2. The Morgan fingerprint density at radius 2 is 1.14 bits per heavy atom. The molecule has 0 unspecified atom stereocenters. The van der Waals surface area contributed by atoms with Crippen molar-refractivity contribution in [3.05, 3.63) is 174 Å². The molecule has 10 aliphatic rings. The average molecular weight is 1070 g/mol. The van der Waals surface area contributed by atoms with E-state index < -0.39 is 0 Å². The second-order valence-corrected chi connectivity index (χ2v) is 29.9. The standard InChI is InChI=1S/C76H65BN2OS/c1-74(2,3)51-17-20-62(56(31-51)48-11-5-4-6-12-48)78-64-22-19-55-58-29-49-13-7-8-14-50(49)30-66(58)80-72(55)70(64)77-69-65(78)35-60-54-15-9-10-16-67(54)81-73(60)68(69)61-34-53(76-39-45-26-46(40-76)28-47(27-45)41-76)33-59-57-32-52(18-21-63(57)79(77)71(59)61)75-36-42-23-43(37-75)25-44(24-42)38-75/h4-22,29-35,42-47H,23-28,36-41H2,1-3H3. The molecule has 12 aromatic rings. The van der Waals surface area contributed by atoms with Crippen molar-refractivity contribution < 1.29 is 4.42 Å². The van der Waals surface area contributed by atoms with Crippen molar-refractivity contribution in [1.82, 2.24) is 4.48 Å². The highest BCUT2D eigenvalue weighted by atomic mass is 32.1. The maximum Gasteiger partial charge on any atom is 0.337 e. The second kappa shape index (κ2) is 15.5. The van der Waals surface area contributed by atoms with Crippen LogP contribution in [0.4, 0.5) is 17.1 Å². The molecule has 0 radical (unpaired) electrons. The number of benzene rings is 9. The van der Waals surface area contributed by atoms with Crippen LogP contribution < -0.4 is 15.8 Å². The molecule has 0 atom stereocenters. The fourth-order valence-corrected chi connectivity index (χ4v) is 21.9. The van der Waals surface area contributed by atoms with Crippen LogP contribution in [0.15, 0.2) is 162 Å². The Balaban J connectivity index is 0.959. The zero-order valence-corrected chi connectivity index (χ0v) is 47.6. The van der Waals surface area contributed by atoms with Gasteiger partial charge in [-0.05, 0) is 240 Å². The first-order valence-corrected chi connectivity index (χ1v) is 31.9. The van der Waals surface area contributed by atoms with Crippen LogP contribution in [-0.4, -0.2) is 11.3 Å². The van der Waals surface area contributed by atoms with Gasteiger partial charge in [-0.2, -0.15) is 0 Å². The molecule has 8 fully saturated rings. The Hall–Kier alpha value is -7.08. The summed E-state index contributed by atoms with van der Waals surface area (Å²) >= 11 is 2.03. The number of fused-ring (bicyclic) bond motifs is 16. The van der Waals surface area contributed by atoms with E-state index in [1.54, 1.807) is 11.1 Å². The van der Waals surface area contributed by atoms with Crippen LogP contribution in [0.2, 0.25) is 0 Å². The third-order valence-electron chi connectivity index (χ3n) is 23.2. The minimum Gasteiger partial charge on any atom is -0.456 e. The predicted octanol–water partition coefficient (Wildman–Crippen LogP) is 19.5. The van der Waals surface area contributed by atoms with Crippen molar-refractivity contribution in [3.63, 3.8) is 0 Å². The van der Waals surface area contributed by atoms with Gasteiger partial charge in [-0.25, -0.2) is 0 Å². The molecule has 0 N–H and O–H groups in total. The van der Waals surface area contributed by atoms with Crippen LogP contribution in [0.25, 0.3) is 96.9 Å². The topological polar surface area (TPSA) is 21.3 Å². The molecule has 81 heavy (non-hydrogen) atoms. The second-order valence-electron chi connectivity index (χ2n) is 28.8. The van der Waals surface area contributed by atoms with Gasteiger partial charge in [-0.1, -0.05) is 106 Å². The van der Waals surface area contributed by atoms with Gasteiger partial charge in [-0.15, -0.1) is 11.3 Å². The highest BCUT2D eigenvalue weighted by Crippen LogP contribution is 2.64. The fraction of sp³-hybridized carbons (Fsp3) is 0.316. The van der Waals surface area contributed by atoms with E-state index in [4.69, 9.17) is 4.42 Å². The lowest BCUT2D eigenvalue weighted by atomic mass is 9.44. The molecular formula is C76H65BN2OS. The first-order chi connectivity index (χ1) is 39.6. The van der Waals surface area contributed by atoms with Gasteiger partial charge in [0.2, 0.25) is 0 Å². The van der Waals surface area contributed by atoms with Gasteiger partial charge in [0.25, 0.3) is 0 Å². The lowest BCUT2D eigenvalue weighted by molar-refractivity contribution is -0.00527. The molecule has 0 amide bonds. The molecule has 9 aromatic carbocycles. The molecule has 5 heteroatoms. The first-order valence-electron chi connectivity index (χ1n) is 31.1. The van der Waals surface area contributed by atoms with Gasteiger partial charge >= 0.3 is 6.85 Å². The summed E-state index contributed by atoms with van der Waals surface area (Å²) in [7, 11) is 0. The Labute approximate surface area is 478 Å². The summed E-state index contributed by atoms with van der Waals surface area (Å²) in [6.45, 7) is 6.91. The van der Waals surface area contributed by atoms with Crippen LogP contribution in [0.1, 0.15) is 115 Å². The van der Waals surface area contributed by atoms with Crippen molar-refractivity contribution in [1.29, 1.82) is 0 Å². The van der Waals surface area contributed by atoms with Crippen LogP contribution in [0.3, 0.4) is 0 Å². The molecular weight excluding hydrogens is 1000 g/mol. The highest BCUT2D eigenvalue weighted by Gasteiger charge is 2.55. The first kappa shape index (κ1) is 45.5. The SMILES string of the molecule is CC(C)(C)c1ccc(N2c3cc4c(sc5ccccc54)c4c3B(c3c2ccc2c3oc3cc5ccccc5cc32)n2c3ccc(C56CC7CC(CC(C7)C5)C6)cc3c3cc(C56CC7CC(CC(C7)C5)C6)cc-4c32)c(-c2ccccc2)c1. The van der Waals surface area contributed by atoms with Crippen LogP contribution >= 0.6 is 11.3 Å².